The summed E-state index contributed by atoms with van der Waals surface area (Å²) in [7, 11) is 0. The Balaban J connectivity index is 1.47. The molecule has 2 aromatic carbocycles. The Hall–Kier alpha value is -2.63. The molecule has 1 aliphatic heterocycles. The normalized spacial score (nSPS) is 13.2. The lowest BCUT2D eigenvalue weighted by Gasteiger charge is -2.28. The molecule has 0 unspecified atom stereocenters. The lowest BCUT2D eigenvalue weighted by molar-refractivity contribution is 0.0734. The number of rotatable bonds is 3. The van der Waals surface area contributed by atoms with Crippen molar-refractivity contribution in [1.29, 1.82) is 0 Å². The number of carbonyl (C=O) groups excluding carboxylic acids is 1. The molecule has 0 fully saturated rings. The Bertz CT molecular complexity index is 992. The van der Waals surface area contributed by atoms with E-state index in [1.165, 1.54) is 23.5 Å². The molecule has 0 saturated carbocycles. The van der Waals surface area contributed by atoms with Crippen LogP contribution in [0.25, 0.3) is 0 Å². The number of hydrogen-bond donors (Lipinski definition) is 1. The molecule has 0 saturated heterocycles. The molecule has 5 nitrogen and oxygen atoms in total. The molecule has 2 heterocycles. The summed E-state index contributed by atoms with van der Waals surface area (Å²) in [6.07, 6.45) is 3.92. The Kier molecular flexibility index (Phi) is 4.97. The first-order valence-corrected chi connectivity index (χ1v) is 9.26. The highest BCUT2D eigenvalue weighted by atomic mass is 35.5. The molecule has 7 heteroatoms. The maximum Gasteiger partial charge on any atom is 0.257 e. The topological polar surface area (TPSA) is 58.1 Å². The SMILES string of the molecule is O=C(c1cnc(Nc2ccc(Cl)cc2Cl)nc1)N1CCc2ccccc2C1. The van der Waals surface area contributed by atoms with Crippen molar-refractivity contribution in [2.75, 3.05) is 11.9 Å². The van der Waals surface area contributed by atoms with Crippen molar-refractivity contribution in [3.05, 3.63) is 81.6 Å². The number of fused-ring (bicyclic) bond motifs is 1. The van der Waals surface area contributed by atoms with Gasteiger partial charge in [-0.05, 0) is 35.7 Å². The molecular formula is C20H16Cl2N4O. The van der Waals surface area contributed by atoms with Gasteiger partial charge in [0.05, 0.1) is 16.3 Å². The van der Waals surface area contributed by atoms with Gasteiger partial charge in [-0.3, -0.25) is 4.79 Å². The third kappa shape index (κ3) is 3.89. The summed E-state index contributed by atoms with van der Waals surface area (Å²) < 4.78 is 0. The number of nitrogens with zero attached hydrogens (tertiary/aromatic N) is 3. The number of benzene rings is 2. The summed E-state index contributed by atoms with van der Waals surface area (Å²) in [5, 5.41) is 4.04. The Morgan fingerprint density at radius 1 is 1.04 bits per heavy atom. The predicted molar refractivity (Wildman–Crippen MR) is 107 cm³/mol. The van der Waals surface area contributed by atoms with Gasteiger partial charge in [0.2, 0.25) is 5.95 Å². The van der Waals surface area contributed by atoms with Gasteiger partial charge in [0.15, 0.2) is 0 Å². The first-order chi connectivity index (χ1) is 13.1. The Labute approximate surface area is 167 Å². The third-order valence-corrected chi connectivity index (χ3v) is 5.04. The van der Waals surface area contributed by atoms with E-state index in [1.54, 1.807) is 18.2 Å². The molecule has 27 heavy (non-hydrogen) atoms. The van der Waals surface area contributed by atoms with Gasteiger partial charge in [0.1, 0.15) is 0 Å². The zero-order valence-corrected chi connectivity index (χ0v) is 15.8. The fraction of sp³-hybridized carbons (Fsp3) is 0.150. The second-order valence-corrected chi connectivity index (χ2v) is 7.13. The minimum atomic E-state index is -0.0689. The number of amides is 1. The van der Waals surface area contributed by atoms with Crippen LogP contribution < -0.4 is 5.32 Å². The fourth-order valence-electron chi connectivity index (χ4n) is 3.07. The molecule has 1 N–H and O–H groups in total. The van der Waals surface area contributed by atoms with Crippen LogP contribution >= 0.6 is 23.2 Å². The van der Waals surface area contributed by atoms with E-state index in [2.05, 4.69) is 27.4 Å². The standard InChI is InChI=1S/C20H16Cl2N4O/c21-16-5-6-18(17(22)9-16)25-20-23-10-15(11-24-20)19(27)26-8-7-13-3-1-2-4-14(13)12-26/h1-6,9-11H,7-8,12H2,(H,23,24,25). The maximum atomic E-state index is 12.8. The van der Waals surface area contributed by atoms with Gasteiger partial charge in [-0.25, -0.2) is 9.97 Å². The molecule has 1 aliphatic rings. The quantitative estimate of drug-likeness (QED) is 0.692. The first-order valence-electron chi connectivity index (χ1n) is 8.50. The van der Waals surface area contributed by atoms with E-state index >= 15 is 0 Å². The van der Waals surface area contributed by atoms with Crippen LogP contribution in [0, 0.1) is 0 Å². The average Bonchev–Trinajstić information content (AvgIpc) is 2.70. The van der Waals surface area contributed by atoms with Crippen LogP contribution in [0.2, 0.25) is 10.0 Å². The molecule has 136 valence electrons. The highest BCUT2D eigenvalue weighted by Gasteiger charge is 2.22. The summed E-state index contributed by atoms with van der Waals surface area (Å²) in [4.78, 5) is 23.1. The van der Waals surface area contributed by atoms with E-state index in [9.17, 15) is 4.79 Å². The van der Waals surface area contributed by atoms with E-state index in [0.717, 1.165) is 6.42 Å². The predicted octanol–water partition coefficient (Wildman–Crippen LogP) is 4.73. The molecule has 1 amide bonds. The number of carbonyl (C=O) groups is 1. The first kappa shape index (κ1) is 17.8. The molecule has 1 aromatic heterocycles. The van der Waals surface area contributed by atoms with Gasteiger partial charge >= 0.3 is 0 Å². The van der Waals surface area contributed by atoms with Crippen LogP contribution in [0.1, 0.15) is 21.5 Å². The molecule has 0 bridgehead atoms. The van der Waals surface area contributed by atoms with E-state index in [-0.39, 0.29) is 5.91 Å². The largest absolute Gasteiger partial charge is 0.334 e. The van der Waals surface area contributed by atoms with Crippen molar-refractivity contribution in [3.63, 3.8) is 0 Å². The lowest BCUT2D eigenvalue weighted by Crippen LogP contribution is -2.36. The van der Waals surface area contributed by atoms with Crippen molar-refractivity contribution < 1.29 is 4.79 Å². The molecule has 0 radical (unpaired) electrons. The van der Waals surface area contributed by atoms with E-state index < -0.39 is 0 Å². The van der Waals surface area contributed by atoms with Gasteiger partial charge < -0.3 is 10.2 Å². The van der Waals surface area contributed by atoms with Crippen LogP contribution in [-0.2, 0) is 13.0 Å². The lowest BCUT2D eigenvalue weighted by atomic mass is 9.99. The van der Waals surface area contributed by atoms with Crippen molar-refractivity contribution in [2.24, 2.45) is 0 Å². The van der Waals surface area contributed by atoms with Crippen LogP contribution in [0.4, 0.5) is 11.6 Å². The van der Waals surface area contributed by atoms with E-state index in [0.29, 0.717) is 40.3 Å². The molecular weight excluding hydrogens is 383 g/mol. The Morgan fingerprint density at radius 3 is 2.52 bits per heavy atom. The summed E-state index contributed by atoms with van der Waals surface area (Å²) >= 11 is 12.0. The fourth-order valence-corrected chi connectivity index (χ4v) is 3.52. The smallest absolute Gasteiger partial charge is 0.257 e. The van der Waals surface area contributed by atoms with Gasteiger partial charge in [0.25, 0.3) is 5.91 Å². The molecule has 0 aliphatic carbocycles. The van der Waals surface area contributed by atoms with Crippen LogP contribution in [0.5, 0.6) is 0 Å². The number of anilines is 2. The number of hydrogen-bond acceptors (Lipinski definition) is 4. The number of halogens is 2. The number of aromatic nitrogens is 2. The van der Waals surface area contributed by atoms with Crippen molar-refractivity contribution in [1.82, 2.24) is 14.9 Å². The monoisotopic (exact) mass is 398 g/mol. The van der Waals surface area contributed by atoms with E-state index in [1.807, 2.05) is 17.0 Å². The average molecular weight is 399 g/mol. The van der Waals surface area contributed by atoms with Crippen LogP contribution in [-0.4, -0.2) is 27.3 Å². The number of nitrogens with one attached hydrogen (secondary N) is 1. The molecule has 4 rings (SSSR count). The highest BCUT2D eigenvalue weighted by Crippen LogP contribution is 2.27. The summed E-state index contributed by atoms with van der Waals surface area (Å²) in [6, 6.07) is 13.3. The van der Waals surface area contributed by atoms with Crippen LogP contribution in [0.15, 0.2) is 54.9 Å². The molecule has 0 atom stereocenters. The Morgan fingerprint density at radius 2 is 1.78 bits per heavy atom. The molecule has 0 spiro atoms. The third-order valence-electron chi connectivity index (χ3n) is 4.49. The zero-order valence-electron chi connectivity index (χ0n) is 14.3. The molecule has 3 aromatic rings. The minimum Gasteiger partial charge on any atom is -0.334 e. The zero-order chi connectivity index (χ0) is 18.8. The highest BCUT2D eigenvalue weighted by molar-refractivity contribution is 6.36. The second-order valence-electron chi connectivity index (χ2n) is 6.29. The van der Waals surface area contributed by atoms with Gasteiger partial charge in [-0.15, -0.1) is 0 Å². The summed E-state index contributed by atoms with van der Waals surface area (Å²) in [6.45, 7) is 1.30. The van der Waals surface area contributed by atoms with Crippen LogP contribution in [0.3, 0.4) is 0 Å². The van der Waals surface area contributed by atoms with Crippen molar-refractivity contribution in [3.8, 4) is 0 Å². The second kappa shape index (κ2) is 7.55. The van der Waals surface area contributed by atoms with Gasteiger partial charge in [-0.1, -0.05) is 47.5 Å². The summed E-state index contributed by atoms with van der Waals surface area (Å²) in [5.74, 6) is 0.292. The minimum absolute atomic E-state index is 0.0689. The van der Waals surface area contributed by atoms with Gasteiger partial charge in [-0.2, -0.15) is 0 Å². The van der Waals surface area contributed by atoms with Gasteiger partial charge in [0, 0.05) is 30.5 Å². The van der Waals surface area contributed by atoms with Crippen molar-refractivity contribution >= 4 is 40.7 Å². The summed E-state index contributed by atoms with van der Waals surface area (Å²) in [5.41, 5.74) is 3.60. The maximum absolute atomic E-state index is 12.8. The van der Waals surface area contributed by atoms with Crippen molar-refractivity contribution in [2.45, 2.75) is 13.0 Å². The van der Waals surface area contributed by atoms with E-state index in [4.69, 9.17) is 23.2 Å².